The van der Waals surface area contributed by atoms with E-state index in [9.17, 15) is 44.6 Å². The molecule has 1 fully saturated rings. The first kappa shape index (κ1) is 54.1. The highest BCUT2D eigenvalue weighted by molar-refractivity contribution is 7.47. The summed E-state index contributed by atoms with van der Waals surface area (Å²) in [5, 5.41) is 50.1. The molecule has 14 heteroatoms. The van der Waals surface area contributed by atoms with Crippen molar-refractivity contribution in [1.82, 2.24) is 0 Å². The van der Waals surface area contributed by atoms with Gasteiger partial charge in [-0.05, 0) is 51.4 Å². The first-order chi connectivity index (χ1) is 27.9. The minimum absolute atomic E-state index is 0.0937. The number of allylic oxidation sites excluding steroid dienone is 6. The molecular weight excluding hydrogens is 767 g/mol. The van der Waals surface area contributed by atoms with Crippen molar-refractivity contribution in [2.45, 2.75) is 217 Å². The van der Waals surface area contributed by atoms with E-state index in [0.29, 0.717) is 12.8 Å². The Hall–Kier alpha value is -1.93. The van der Waals surface area contributed by atoms with Crippen LogP contribution >= 0.6 is 7.82 Å². The number of carbonyl (C=O) groups is 2. The maximum Gasteiger partial charge on any atom is 0.472 e. The van der Waals surface area contributed by atoms with Crippen LogP contribution in [0.5, 0.6) is 0 Å². The fourth-order valence-electron chi connectivity index (χ4n) is 6.59. The van der Waals surface area contributed by atoms with Gasteiger partial charge in [-0.25, -0.2) is 4.57 Å². The first-order valence-electron chi connectivity index (χ1n) is 22.3. The van der Waals surface area contributed by atoms with E-state index in [1.807, 2.05) is 0 Å². The predicted octanol–water partition coefficient (Wildman–Crippen LogP) is 8.22. The molecule has 0 radical (unpaired) electrons. The van der Waals surface area contributed by atoms with Gasteiger partial charge in [-0.3, -0.25) is 18.6 Å². The SMILES string of the molecule is CCCCC/C=C\C/C=C\C/C=C\CCCCCCC(=O)OC[C@H](COP(=O)(O)OC1C(O)C(O)C(O)[C@@H](O)C1O)OC(=O)CCCCCCCCCCCCCC. The highest BCUT2D eigenvalue weighted by Gasteiger charge is 2.51. The van der Waals surface area contributed by atoms with E-state index >= 15 is 0 Å². The van der Waals surface area contributed by atoms with E-state index in [1.54, 1.807) is 0 Å². The summed E-state index contributed by atoms with van der Waals surface area (Å²) >= 11 is 0. The maximum absolute atomic E-state index is 12.8. The Morgan fingerprint density at radius 1 is 0.534 bits per heavy atom. The van der Waals surface area contributed by atoms with Gasteiger partial charge in [0.05, 0.1) is 6.61 Å². The average molecular weight is 847 g/mol. The van der Waals surface area contributed by atoms with Crippen LogP contribution in [0, 0.1) is 0 Å². The van der Waals surface area contributed by atoms with Crippen LogP contribution in [0.25, 0.3) is 0 Å². The second-order valence-electron chi connectivity index (χ2n) is 15.6. The summed E-state index contributed by atoms with van der Waals surface area (Å²) in [5.74, 6) is -1.12. The molecule has 0 aromatic rings. The number of hydrogen-bond acceptors (Lipinski definition) is 12. The number of hydrogen-bond donors (Lipinski definition) is 6. The monoisotopic (exact) mass is 847 g/mol. The minimum Gasteiger partial charge on any atom is -0.462 e. The van der Waals surface area contributed by atoms with Crippen LogP contribution in [0.4, 0.5) is 0 Å². The van der Waals surface area contributed by atoms with Gasteiger partial charge < -0.3 is 39.9 Å². The second-order valence-corrected chi connectivity index (χ2v) is 17.0. The summed E-state index contributed by atoms with van der Waals surface area (Å²) in [6, 6.07) is 0. The average Bonchev–Trinajstić information content (AvgIpc) is 3.20. The van der Waals surface area contributed by atoms with Gasteiger partial charge in [-0.2, -0.15) is 0 Å². The van der Waals surface area contributed by atoms with Crippen molar-refractivity contribution in [1.29, 1.82) is 0 Å². The van der Waals surface area contributed by atoms with Crippen molar-refractivity contribution in [2.24, 2.45) is 0 Å². The van der Waals surface area contributed by atoms with Gasteiger partial charge in [-0.1, -0.05) is 147 Å². The number of esters is 2. The Labute approximate surface area is 348 Å². The summed E-state index contributed by atoms with van der Waals surface area (Å²) in [4.78, 5) is 35.6. The third-order valence-electron chi connectivity index (χ3n) is 10.2. The number of aliphatic hydroxyl groups is 5. The summed E-state index contributed by atoms with van der Waals surface area (Å²) in [6.07, 6.45) is 24.9. The van der Waals surface area contributed by atoms with Gasteiger partial charge in [0.1, 0.15) is 43.2 Å². The minimum atomic E-state index is -5.12. The van der Waals surface area contributed by atoms with Crippen molar-refractivity contribution in [3.63, 3.8) is 0 Å². The quantitative estimate of drug-likeness (QED) is 0.0152. The number of aliphatic hydroxyl groups excluding tert-OH is 5. The molecule has 13 nitrogen and oxygen atoms in total. The van der Waals surface area contributed by atoms with E-state index < -0.39 is 75.7 Å². The first-order valence-corrected chi connectivity index (χ1v) is 23.8. The molecule has 338 valence electrons. The highest BCUT2D eigenvalue weighted by Crippen LogP contribution is 2.47. The molecule has 0 amide bonds. The molecule has 0 aliphatic heterocycles. The lowest BCUT2D eigenvalue weighted by molar-refractivity contribution is -0.220. The van der Waals surface area contributed by atoms with Gasteiger partial charge in [-0.15, -0.1) is 0 Å². The molecule has 6 unspecified atom stereocenters. The number of rotatable bonds is 36. The molecule has 1 aliphatic rings. The van der Waals surface area contributed by atoms with Crippen molar-refractivity contribution >= 4 is 19.8 Å². The molecule has 8 atom stereocenters. The van der Waals surface area contributed by atoms with Crippen molar-refractivity contribution in [2.75, 3.05) is 13.2 Å². The molecule has 1 aliphatic carbocycles. The van der Waals surface area contributed by atoms with E-state index in [1.165, 1.54) is 64.2 Å². The molecule has 0 heterocycles. The largest absolute Gasteiger partial charge is 0.472 e. The zero-order valence-corrected chi connectivity index (χ0v) is 36.5. The Bertz CT molecular complexity index is 1160. The van der Waals surface area contributed by atoms with Crippen LogP contribution < -0.4 is 0 Å². The fourth-order valence-corrected chi connectivity index (χ4v) is 7.56. The van der Waals surface area contributed by atoms with Crippen molar-refractivity contribution in [3.8, 4) is 0 Å². The van der Waals surface area contributed by atoms with Gasteiger partial charge >= 0.3 is 19.8 Å². The van der Waals surface area contributed by atoms with E-state index in [-0.39, 0.29) is 12.8 Å². The lowest BCUT2D eigenvalue weighted by atomic mass is 9.85. The Balaban J connectivity index is 2.49. The summed E-state index contributed by atoms with van der Waals surface area (Å²) < 4.78 is 33.4. The molecule has 0 spiro atoms. The third kappa shape index (κ3) is 27.0. The molecule has 58 heavy (non-hydrogen) atoms. The molecule has 0 aromatic heterocycles. The summed E-state index contributed by atoms with van der Waals surface area (Å²) in [6.45, 7) is 3.24. The van der Waals surface area contributed by atoms with Crippen LogP contribution in [0.2, 0.25) is 0 Å². The molecule has 0 bridgehead atoms. The molecule has 6 N–H and O–H groups in total. The maximum atomic E-state index is 12.8. The Morgan fingerprint density at radius 3 is 1.45 bits per heavy atom. The van der Waals surface area contributed by atoms with Crippen LogP contribution in [0.1, 0.15) is 174 Å². The zero-order chi connectivity index (χ0) is 42.9. The third-order valence-corrected chi connectivity index (χ3v) is 11.2. The number of ether oxygens (including phenoxy) is 2. The summed E-state index contributed by atoms with van der Waals surface area (Å²) in [7, 11) is -5.12. The van der Waals surface area contributed by atoms with Gasteiger partial charge in [0.25, 0.3) is 0 Å². The number of carbonyl (C=O) groups excluding carboxylic acids is 2. The molecule has 1 saturated carbocycles. The Kier molecular flexibility index (Phi) is 32.4. The van der Waals surface area contributed by atoms with Crippen LogP contribution in [0.15, 0.2) is 36.5 Å². The smallest absolute Gasteiger partial charge is 0.462 e. The lowest BCUT2D eigenvalue weighted by Gasteiger charge is -2.41. The summed E-state index contributed by atoms with van der Waals surface area (Å²) in [5.41, 5.74) is 0. The Morgan fingerprint density at radius 2 is 0.931 bits per heavy atom. The number of phosphoric acid groups is 1. The lowest BCUT2D eigenvalue weighted by Crippen LogP contribution is -2.64. The molecule has 0 aromatic carbocycles. The van der Waals surface area contributed by atoms with Crippen molar-refractivity contribution in [3.05, 3.63) is 36.5 Å². The molecule has 1 rings (SSSR count). The van der Waals surface area contributed by atoms with Crippen LogP contribution in [-0.2, 0) is 32.7 Å². The van der Waals surface area contributed by atoms with Gasteiger partial charge in [0, 0.05) is 12.8 Å². The van der Waals surface area contributed by atoms with E-state index in [4.69, 9.17) is 18.5 Å². The standard InChI is InChI=1S/C44H79O13P/c1-3-5-7-9-11-13-15-17-18-19-20-21-23-24-26-28-30-32-37(45)54-34-36(56-38(46)33-31-29-27-25-22-16-14-12-10-8-6-4-2)35-55-58(52,53)57-44-42(50)40(48)39(47)41(49)43(44)51/h11,13,17-18,20-21,36,39-44,47-51H,3-10,12,14-16,19,22-35H2,1-2H3,(H,52,53)/b13-11-,18-17-,21-20-/t36-,39?,40-,41?,42?,43?,44?/m1/s1. The van der Waals surface area contributed by atoms with Gasteiger partial charge in [0.2, 0.25) is 0 Å². The molecular formula is C44H79O13P. The van der Waals surface area contributed by atoms with E-state index in [2.05, 4.69) is 50.3 Å². The highest BCUT2D eigenvalue weighted by atomic mass is 31.2. The number of phosphoric ester groups is 1. The van der Waals surface area contributed by atoms with Gasteiger partial charge in [0.15, 0.2) is 6.10 Å². The zero-order valence-electron chi connectivity index (χ0n) is 35.6. The number of unbranched alkanes of at least 4 members (excludes halogenated alkanes) is 18. The topological polar surface area (TPSA) is 210 Å². The van der Waals surface area contributed by atoms with E-state index in [0.717, 1.165) is 70.6 Å². The molecule has 0 saturated heterocycles. The van der Waals surface area contributed by atoms with Crippen LogP contribution in [0.3, 0.4) is 0 Å². The predicted molar refractivity (Wildman–Crippen MR) is 226 cm³/mol. The second kappa shape index (κ2) is 34.7. The fraction of sp³-hybridized carbons (Fsp3) is 0.818. The van der Waals surface area contributed by atoms with Crippen molar-refractivity contribution < 1.29 is 63.1 Å². The normalized spacial score (nSPS) is 22.8. The van der Waals surface area contributed by atoms with Crippen LogP contribution in [-0.4, -0.2) is 98.3 Å².